The van der Waals surface area contributed by atoms with Crippen molar-refractivity contribution < 1.29 is 28.9 Å². The Morgan fingerprint density at radius 1 is 0.722 bits per heavy atom. The van der Waals surface area contributed by atoms with Gasteiger partial charge in [0, 0.05) is 22.2 Å². The van der Waals surface area contributed by atoms with Gasteiger partial charge < -0.3 is 19.3 Å². The molecule has 206 valence electrons. The highest BCUT2D eigenvalue weighted by Gasteiger charge is 2.18. The van der Waals surface area contributed by atoms with Crippen LogP contribution in [0.5, 0.6) is 0 Å². The van der Waals surface area contributed by atoms with Crippen molar-refractivity contribution in [2.75, 3.05) is 19.8 Å². The first-order chi connectivity index (χ1) is 16.8. The molecule has 4 atom stereocenters. The van der Waals surface area contributed by atoms with E-state index in [1.165, 1.54) is 0 Å². The van der Waals surface area contributed by atoms with Crippen molar-refractivity contribution in [3.05, 3.63) is 31.5 Å². The molecule has 0 aromatic carbocycles. The van der Waals surface area contributed by atoms with E-state index in [2.05, 4.69) is 37.9 Å². The molecule has 1 rings (SSSR count). The summed E-state index contributed by atoms with van der Waals surface area (Å²) < 4.78 is 17.6. The van der Waals surface area contributed by atoms with Gasteiger partial charge in [-0.25, -0.2) is 28.1 Å². The largest absolute Gasteiger partial charge is 0.464 e. The Labute approximate surface area is 225 Å². The summed E-state index contributed by atoms with van der Waals surface area (Å²) in [6.45, 7) is 3.56. The summed E-state index contributed by atoms with van der Waals surface area (Å²) in [7, 11) is 0. The maximum Gasteiger partial charge on any atom is 0.336 e. The van der Waals surface area contributed by atoms with Crippen LogP contribution in [0.15, 0.2) is 14.4 Å². The summed E-state index contributed by atoms with van der Waals surface area (Å²) in [5.74, 6) is -1.10. The highest BCUT2D eigenvalue weighted by atomic mass is 32.1. The minimum absolute atomic E-state index is 0.0442. The maximum absolute atomic E-state index is 12.9. The number of hydrogen-bond acceptors (Lipinski definition) is 12. The van der Waals surface area contributed by atoms with Crippen molar-refractivity contribution in [3.63, 3.8) is 0 Å². The zero-order valence-electron chi connectivity index (χ0n) is 20.6. The highest BCUT2D eigenvalue weighted by molar-refractivity contribution is 7.81. The van der Waals surface area contributed by atoms with Gasteiger partial charge in [-0.3, -0.25) is 9.59 Å². The summed E-state index contributed by atoms with van der Waals surface area (Å²) in [4.78, 5) is 62.3. The first kappa shape index (κ1) is 32.3. The Morgan fingerprint density at radius 2 is 1.08 bits per heavy atom. The lowest BCUT2D eigenvalue weighted by atomic mass is 10.3. The van der Waals surface area contributed by atoms with Crippen LogP contribution in [-0.2, 0) is 43.4 Å². The lowest BCUT2D eigenvalue weighted by Gasteiger charge is -2.16. The summed E-state index contributed by atoms with van der Waals surface area (Å²) in [5, 5.41) is 9.25. The Balaban J connectivity index is 3.12. The minimum atomic E-state index is -1.15. The van der Waals surface area contributed by atoms with E-state index in [0.29, 0.717) is 0 Å². The Bertz CT molecular complexity index is 968. The van der Waals surface area contributed by atoms with E-state index >= 15 is 0 Å². The van der Waals surface area contributed by atoms with E-state index < -0.39 is 35.3 Å². The molecule has 12 nitrogen and oxygen atoms in total. The van der Waals surface area contributed by atoms with Crippen molar-refractivity contribution in [2.45, 2.75) is 81.7 Å². The number of rotatable bonds is 16. The van der Waals surface area contributed by atoms with Gasteiger partial charge in [0.1, 0.15) is 13.2 Å². The van der Waals surface area contributed by atoms with Gasteiger partial charge in [-0.1, -0.05) is 20.8 Å². The maximum atomic E-state index is 12.9. The van der Waals surface area contributed by atoms with Crippen LogP contribution in [0.3, 0.4) is 0 Å². The van der Waals surface area contributed by atoms with Crippen molar-refractivity contribution in [1.82, 2.24) is 13.7 Å². The summed E-state index contributed by atoms with van der Waals surface area (Å²) in [5.41, 5.74) is -2.80. The van der Waals surface area contributed by atoms with E-state index in [1.807, 2.05) is 0 Å². The molecule has 0 aliphatic heterocycles. The van der Waals surface area contributed by atoms with Crippen LogP contribution >= 0.6 is 37.9 Å². The number of esters is 2. The standard InChI is InChI=1S/C21H35N3O9S3/c1-13(34)10-16(25)31-7-4-22-19(28)23(5-8-32-17(26)11-14(2)35)21(30)24(20(22)29)6-9-33-18(27)12-15(3)36/h13-16,25,34-36H,4-12H2,1-3H3. The fraction of sp³-hybridized carbons (Fsp3) is 0.762. The fourth-order valence-corrected chi connectivity index (χ4v) is 3.48. The molecule has 1 aromatic rings. The average molecular weight is 570 g/mol. The smallest absolute Gasteiger partial charge is 0.336 e. The van der Waals surface area contributed by atoms with Gasteiger partial charge in [-0.2, -0.15) is 37.9 Å². The molecule has 0 saturated carbocycles. The van der Waals surface area contributed by atoms with Crippen LogP contribution < -0.4 is 17.1 Å². The van der Waals surface area contributed by atoms with E-state index in [9.17, 15) is 29.1 Å². The molecule has 0 aliphatic carbocycles. The number of aliphatic hydroxyl groups is 1. The molecule has 0 radical (unpaired) electrons. The van der Waals surface area contributed by atoms with Gasteiger partial charge in [-0.05, 0) is 0 Å². The Morgan fingerprint density at radius 3 is 1.42 bits per heavy atom. The van der Waals surface area contributed by atoms with Crippen LogP contribution in [-0.4, -0.2) is 72.6 Å². The molecule has 36 heavy (non-hydrogen) atoms. The molecule has 1 heterocycles. The van der Waals surface area contributed by atoms with Gasteiger partial charge in [0.2, 0.25) is 0 Å². The molecule has 15 heteroatoms. The summed E-state index contributed by atoms with van der Waals surface area (Å²) >= 11 is 12.4. The highest BCUT2D eigenvalue weighted by Crippen LogP contribution is 2.05. The molecule has 0 fully saturated rings. The zero-order valence-corrected chi connectivity index (χ0v) is 23.3. The van der Waals surface area contributed by atoms with E-state index in [-0.39, 0.29) is 74.5 Å². The fourth-order valence-electron chi connectivity index (χ4n) is 3.00. The Hall–Kier alpha value is -1.68. The number of aromatic nitrogens is 3. The SMILES string of the molecule is CC(S)CC(=O)OCCn1c(=O)n(CCOC(=O)CC(C)S)c(=O)n(CCOC(O)CC(C)S)c1=O. The molecule has 0 saturated heterocycles. The third-order valence-electron chi connectivity index (χ3n) is 4.63. The van der Waals surface area contributed by atoms with Gasteiger partial charge in [0.25, 0.3) is 0 Å². The number of carbonyl (C=O) groups is 2. The predicted molar refractivity (Wildman–Crippen MR) is 142 cm³/mol. The van der Waals surface area contributed by atoms with Crippen molar-refractivity contribution in [3.8, 4) is 0 Å². The third-order valence-corrected chi connectivity index (χ3v) is 5.21. The number of aliphatic hydroxyl groups excluding tert-OH is 1. The topological polar surface area (TPSA) is 148 Å². The van der Waals surface area contributed by atoms with Crippen molar-refractivity contribution >= 4 is 49.8 Å². The molecule has 0 bridgehead atoms. The molecular weight excluding hydrogens is 534 g/mol. The molecule has 0 spiro atoms. The quantitative estimate of drug-likeness (QED) is 0.120. The normalized spacial score (nSPS) is 14.6. The molecule has 1 N–H and O–H groups in total. The zero-order chi connectivity index (χ0) is 27.4. The third kappa shape index (κ3) is 11.6. The average Bonchev–Trinajstić information content (AvgIpc) is 2.73. The van der Waals surface area contributed by atoms with Gasteiger partial charge in [-0.15, -0.1) is 0 Å². The second-order valence-corrected chi connectivity index (χ2v) is 10.9. The predicted octanol–water partition coefficient (Wildman–Crippen LogP) is -0.282. The first-order valence-corrected chi connectivity index (χ1v) is 13.0. The number of ether oxygens (including phenoxy) is 3. The van der Waals surface area contributed by atoms with E-state index in [0.717, 1.165) is 13.7 Å². The number of hydrogen-bond donors (Lipinski definition) is 4. The number of nitrogens with zero attached hydrogens (tertiary/aromatic N) is 3. The summed E-state index contributed by atoms with van der Waals surface area (Å²) in [6.07, 6.45) is -0.831. The van der Waals surface area contributed by atoms with Crippen LogP contribution in [0.25, 0.3) is 0 Å². The second kappa shape index (κ2) is 16.2. The number of thiol groups is 3. The monoisotopic (exact) mass is 569 g/mol. The van der Waals surface area contributed by atoms with Crippen LogP contribution in [0, 0.1) is 0 Å². The van der Waals surface area contributed by atoms with Crippen LogP contribution in [0.1, 0.15) is 40.0 Å². The number of carbonyl (C=O) groups excluding carboxylic acids is 2. The molecule has 0 aliphatic rings. The summed E-state index contributed by atoms with van der Waals surface area (Å²) in [6, 6.07) is 0. The molecule has 0 amide bonds. The van der Waals surface area contributed by atoms with Crippen LogP contribution in [0.4, 0.5) is 0 Å². The lowest BCUT2D eigenvalue weighted by molar-refractivity contribution is -0.144. The molecule has 4 unspecified atom stereocenters. The van der Waals surface area contributed by atoms with Crippen LogP contribution in [0.2, 0.25) is 0 Å². The first-order valence-electron chi connectivity index (χ1n) is 11.4. The van der Waals surface area contributed by atoms with Gasteiger partial charge in [0.05, 0.1) is 39.1 Å². The second-order valence-electron chi connectivity index (χ2n) is 8.26. The minimum Gasteiger partial charge on any atom is -0.464 e. The van der Waals surface area contributed by atoms with Crippen molar-refractivity contribution in [2.24, 2.45) is 0 Å². The van der Waals surface area contributed by atoms with Gasteiger partial charge in [0.15, 0.2) is 6.29 Å². The van der Waals surface area contributed by atoms with Crippen molar-refractivity contribution in [1.29, 1.82) is 0 Å². The van der Waals surface area contributed by atoms with E-state index in [1.54, 1.807) is 20.8 Å². The Kier molecular flexibility index (Phi) is 14.6. The van der Waals surface area contributed by atoms with Gasteiger partial charge >= 0.3 is 29.0 Å². The van der Waals surface area contributed by atoms with E-state index in [4.69, 9.17) is 14.2 Å². The molecular formula is C21H35N3O9S3. The molecule has 1 aromatic heterocycles. The lowest BCUT2D eigenvalue weighted by Crippen LogP contribution is -2.55.